The minimum Gasteiger partial charge on any atom is -0.491 e. The van der Waals surface area contributed by atoms with Crippen LogP contribution in [0, 0.1) is 0 Å². The Labute approximate surface area is 136 Å². The summed E-state index contributed by atoms with van der Waals surface area (Å²) in [6, 6.07) is 5.30. The summed E-state index contributed by atoms with van der Waals surface area (Å²) in [5, 5.41) is 15.7. The van der Waals surface area contributed by atoms with E-state index in [0.717, 1.165) is 5.56 Å². The number of halogens is 1. The van der Waals surface area contributed by atoms with E-state index in [0.29, 0.717) is 24.6 Å². The number of amides is 1. The standard InChI is InChI=1S/C15H22N2O4.ClH/c1-15(2,3)17-8-11(18)9-20-12-5-4-10-7-16-14(19)21-13(10)6-12;/h4-6,11,17-18H,7-9H2,1-3H3,(H,16,19);1H. The number of rotatable bonds is 5. The summed E-state index contributed by atoms with van der Waals surface area (Å²) in [4.78, 5) is 11.2. The first kappa shape index (κ1) is 18.5. The molecule has 7 heteroatoms. The van der Waals surface area contributed by atoms with Gasteiger partial charge in [-0.3, -0.25) is 0 Å². The van der Waals surface area contributed by atoms with E-state index in [1.165, 1.54) is 0 Å². The van der Waals surface area contributed by atoms with Crippen molar-refractivity contribution < 1.29 is 19.4 Å². The van der Waals surface area contributed by atoms with Crippen LogP contribution in [0.4, 0.5) is 4.79 Å². The molecule has 1 aliphatic heterocycles. The Balaban J connectivity index is 0.00000242. The largest absolute Gasteiger partial charge is 0.491 e. The molecule has 22 heavy (non-hydrogen) atoms. The number of β-amino-alcohol motifs (C(OH)–C–C–N with tert-alkyl or cyclic N) is 1. The lowest BCUT2D eigenvalue weighted by Crippen LogP contribution is -2.42. The fraction of sp³-hybridized carbons (Fsp3) is 0.533. The number of fused-ring (bicyclic) bond motifs is 1. The van der Waals surface area contributed by atoms with Gasteiger partial charge in [0.25, 0.3) is 0 Å². The van der Waals surface area contributed by atoms with Gasteiger partial charge in [0, 0.05) is 30.3 Å². The van der Waals surface area contributed by atoms with Gasteiger partial charge in [-0.05, 0) is 32.9 Å². The van der Waals surface area contributed by atoms with E-state index in [4.69, 9.17) is 9.47 Å². The molecule has 0 aliphatic carbocycles. The number of carbonyl (C=O) groups is 1. The second kappa shape index (κ2) is 7.67. The molecule has 0 aromatic heterocycles. The Hall–Kier alpha value is -1.50. The summed E-state index contributed by atoms with van der Waals surface area (Å²) in [6.45, 7) is 7.18. The zero-order chi connectivity index (χ0) is 15.5. The third kappa shape index (κ3) is 5.71. The highest BCUT2D eigenvalue weighted by molar-refractivity contribution is 5.85. The van der Waals surface area contributed by atoms with Crippen LogP contribution in [0.3, 0.4) is 0 Å². The van der Waals surface area contributed by atoms with Gasteiger partial charge in [0.05, 0.1) is 0 Å². The Morgan fingerprint density at radius 2 is 2.18 bits per heavy atom. The second-order valence-corrected chi connectivity index (χ2v) is 6.11. The third-order valence-corrected chi connectivity index (χ3v) is 2.97. The lowest BCUT2D eigenvalue weighted by Gasteiger charge is -2.23. The van der Waals surface area contributed by atoms with Crippen molar-refractivity contribution in [1.29, 1.82) is 0 Å². The maximum atomic E-state index is 11.2. The lowest BCUT2D eigenvalue weighted by molar-refractivity contribution is 0.0998. The predicted octanol–water partition coefficient (Wildman–Crippen LogP) is 1.84. The molecule has 0 saturated heterocycles. The molecule has 3 N–H and O–H groups in total. The number of hydrogen-bond acceptors (Lipinski definition) is 5. The molecule has 0 spiro atoms. The number of carbonyl (C=O) groups excluding carboxylic acids is 1. The molecule has 0 radical (unpaired) electrons. The third-order valence-electron chi connectivity index (χ3n) is 2.97. The number of hydrogen-bond donors (Lipinski definition) is 3. The molecule has 0 bridgehead atoms. The summed E-state index contributed by atoms with van der Waals surface area (Å²) >= 11 is 0. The average Bonchev–Trinajstić information content (AvgIpc) is 2.41. The molecule has 1 atom stereocenters. The van der Waals surface area contributed by atoms with E-state index >= 15 is 0 Å². The van der Waals surface area contributed by atoms with Crippen LogP contribution in [-0.4, -0.2) is 36.0 Å². The average molecular weight is 331 g/mol. The topological polar surface area (TPSA) is 79.8 Å². The van der Waals surface area contributed by atoms with Gasteiger partial charge in [-0.1, -0.05) is 0 Å². The van der Waals surface area contributed by atoms with E-state index in [1.54, 1.807) is 12.1 Å². The van der Waals surface area contributed by atoms with Gasteiger partial charge >= 0.3 is 6.09 Å². The molecule has 0 fully saturated rings. The molecule has 124 valence electrons. The molecule has 1 aliphatic rings. The van der Waals surface area contributed by atoms with Crippen molar-refractivity contribution in [3.05, 3.63) is 23.8 Å². The van der Waals surface area contributed by atoms with Gasteiger partial charge in [0.2, 0.25) is 0 Å². The second-order valence-electron chi connectivity index (χ2n) is 6.11. The van der Waals surface area contributed by atoms with Crippen molar-refractivity contribution in [1.82, 2.24) is 10.6 Å². The zero-order valence-corrected chi connectivity index (χ0v) is 13.8. The summed E-state index contributed by atoms with van der Waals surface area (Å²) in [5.41, 5.74) is 0.852. The predicted molar refractivity (Wildman–Crippen MR) is 85.8 cm³/mol. The van der Waals surface area contributed by atoms with Crippen molar-refractivity contribution in [2.24, 2.45) is 0 Å². The zero-order valence-electron chi connectivity index (χ0n) is 13.0. The quantitative estimate of drug-likeness (QED) is 0.767. The summed E-state index contributed by atoms with van der Waals surface area (Å²) in [5.74, 6) is 1.07. The summed E-state index contributed by atoms with van der Waals surface area (Å²) in [7, 11) is 0. The molecule has 1 amide bonds. The van der Waals surface area contributed by atoms with Crippen LogP contribution >= 0.6 is 12.4 Å². The first-order valence-corrected chi connectivity index (χ1v) is 6.98. The fourth-order valence-corrected chi connectivity index (χ4v) is 1.84. The van der Waals surface area contributed by atoms with E-state index in [-0.39, 0.29) is 24.6 Å². The highest BCUT2D eigenvalue weighted by atomic mass is 35.5. The van der Waals surface area contributed by atoms with E-state index in [9.17, 15) is 9.90 Å². The molecule has 2 rings (SSSR count). The normalized spacial score (nSPS) is 15.0. The number of nitrogens with one attached hydrogen (secondary N) is 2. The molecule has 1 aromatic rings. The SMILES string of the molecule is CC(C)(C)NCC(O)COc1ccc2c(c1)OC(=O)NC2.Cl. The minimum atomic E-state index is -0.607. The minimum absolute atomic E-state index is 0. The maximum Gasteiger partial charge on any atom is 0.412 e. The fourth-order valence-electron chi connectivity index (χ4n) is 1.84. The molecule has 1 heterocycles. The van der Waals surface area contributed by atoms with E-state index in [2.05, 4.69) is 10.6 Å². The van der Waals surface area contributed by atoms with Crippen molar-refractivity contribution in [3.8, 4) is 11.5 Å². The monoisotopic (exact) mass is 330 g/mol. The van der Waals surface area contributed by atoms with Gasteiger partial charge in [-0.25, -0.2) is 4.79 Å². The smallest absolute Gasteiger partial charge is 0.412 e. The molecular weight excluding hydrogens is 308 g/mol. The van der Waals surface area contributed by atoms with Crippen LogP contribution in [0.5, 0.6) is 11.5 Å². The molecule has 1 aromatic carbocycles. The van der Waals surface area contributed by atoms with Crippen molar-refractivity contribution in [3.63, 3.8) is 0 Å². The maximum absolute atomic E-state index is 11.2. The Kier molecular flexibility index (Phi) is 6.47. The molecule has 1 unspecified atom stereocenters. The number of benzene rings is 1. The van der Waals surface area contributed by atoms with Gasteiger partial charge < -0.3 is 25.2 Å². The van der Waals surface area contributed by atoms with Crippen LogP contribution in [-0.2, 0) is 6.54 Å². The molecular formula is C15H23ClN2O4. The Bertz CT molecular complexity index is 517. The van der Waals surface area contributed by atoms with Crippen LogP contribution in [0.1, 0.15) is 26.3 Å². The van der Waals surface area contributed by atoms with Crippen molar-refractivity contribution in [2.45, 2.75) is 39.0 Å². The van der Waals surface area contributed by atoms with Gasteiger partial charge in [-0.2, -0.15) is 0 Å². The first-order chi connectivity index (χ1) is 9.83. The Morgan fingerprint density at radius 3 is 2.86 bits per heavy atom. The number of ether oxygens (including phenoxy) is 2. The highest BCUT2D eigenvalue weighted by Gasteiger charge is 2.17. The molecule has 0 saturated carbocycles. The number of aliphatic hydroxyl groups excluding tert-OH is 1. The van der Waals surface area contributed by atoms with Crippen LogP contribution in [0.25, 0.3) is 0 Å². The van der Waals surface area contributed by atoms with Crippen molar-refractivity contribution in [2.75, 3.05) is 13.2 Å². The van der Waals surface area contributed by atoms with Crippen LogP contribution < -0.4 is 20.1 Å². The van der Waals surface area contributed by atoms with Crippen molar-refractivity contribution >= 4 is 18.5 Å². The molecule has 6 nitrogen and oxygen atoms in total. The lowest BCUT2D eigenvalue weighted by atomic mass is 10.1. The van der Waals surface area contributed by atoms with Crippen LogP contribution in [0.2, 0.25) is 0 Å². The van der Waals surface area contributed by atoms with Gasteiger partial charge in [-0.15, -0.1) is 12.4 Å². The first-order valence-electron chi connectivity index (χ1n) is 6.98. The van der Waals surface area contributed by atoms with Crippen LogP contribution in [0.15, 0.2) is 18.2 Å². The summed E-state index contributed by atoms with van der Waals surface area (Å²) < 4.78 is 10.6. The van der Waals surface area contributed by atoms with Gasteiger partial charge in [0.15, 0.2) is 0 Å². The summed E-state index contributed by atoms with van der Waals surface area (Å²) in [6.07, 6.45) is -1.07. The van der Waals surface area contributed by atoms with E-state index in [1.807, 2.05) is 26.8 Å². The van der Waals surface area contributed by atoms with E-state index < -0.39 is 12.2 Å². The Morgan fingerprint density at radius 1 is 1.45 bits per heavy atom. The van der Waals surface area contributed by atoms with Gasteiger partial charge in [0.1, 0.15) is 24.2 Å². The number of aliphatic hydroxyl groups is 1. The highest BCUT2D eigenvalue weighted by Crippen LogP contribution is 2.27.